The zero-order valence-electron chi connectivity index (χ0n) is 30.9. The summed E-state index contributed by atoms with van der Waals surface area (Å²) in [5.41, 5.74) is 1.43. The molecular formula is C41H41ClN4O8S. The van der Waals surface area contributed by atoms with Crippen molar-refractivity contribution in [1.29, 1.82) is 0 Å². The molecule has 4 heterocycles. The number of carbonyl (C=O) groups is 5. The molecule has 0 unspecified atom stereocenters. The Morgan fingerprint density at radius 1 is 1.04 bits per heavy atom. The van der Waals surface area contributed by atoms with Crippen LogP contribution in [0.15, 0.2) is 54.1 Å². The van der Waals surface area contributed by atoms with E-state index in [-0.39, 0.29) is 43.4 Å². The van der Waals surface area contributed by atoms with Crippen LogP contribution in [0.2, 0.25) is 5.02 Å². The van der Waals surface area contributed by atoms with Gasteiger partial charge in [0.25, 0.3) is 0 Å². The third kappa shape index (κ3) is 5.68. The van der Waals surface area contributed by atoms with Gasteiger partial charge in [-0.2, -0.15) is 5.10 Å². The van der Waals surface area contributed by atoms with Gasteiger partial charge in [-0.1, -0.05) is 35.7 Å². The standard InChI is InChI=1S/C41H41ClN4O8S/c1-20-26-16-21(42)9-14-31(26)55-36(20)29-19-32(44(3)43-29)46-38(51)28-18-27-23(35(41(28,2)40(46)53)24-11-10-22(54-4)17-30(24)47)12-13-25-34(27)39(52)45(37(25)50)15-7-5-6-8-33(48)49/h9-12,14,16-17,19,25,27-28,34-35,47H,5-8,13,15,18H2,1-4H3,(H,48,49)/t25-,27+,28-,34-,35+,41+/m0/s1. The van der Waals surface area contributed by atoms with Crippen molar-refractivity contribution in [3.63, 3.8) is 0 Å². The molecule has 4 amide bonds. The number of allylic oxidation sites excluding steroid dienone is 2. The maximum absolute atomic E-state index is 15.1. The molecule has 55 heavy (non-hydrogen) atoms. The zero-order chi connectivity index (χ0) is 39.1. The Morgan fingerprint density at radius 3 is 2.55 bits per heavy atom. The van der Waals surface area contributed by atoms with E-state index in [2.05, 4.69) is 0 Å². The highest BCUT2D eigenvalue weighted by Gasteiger charge is 2.68. The smallest absolute Gasteiger partial charge is 0.303 e. The van der Waals surface area contributed by atoms with E-state index >= 15 is 4.79 Å². The van der Waals surface area contributed by atoms with Crippen molar-refractivity contribution >= 4 is 68.4 Å². The number of amides is 4. The monoisotopic (exact) mass is 784 g/mol. The summed E-state index contributed by atoms with van der Waals surface area (Å²) in [6, 6.07) is 12.3. The van der Waals surface area contributed by atoms with Crippen LogP contribution in [0, 0.1) is 36.0 Å². The van der Waals surface area contributed by atoms with Crippen molar-refractivity contribution in [1.82, 2.24) is 14.7 Å². The fourth-order valence-corrected chi connectivity index (χ4v) is 11.0. The Hall–Kier alpha value is -5.01. The lowest BCUT2D eigenvalue weighted by atomic mass is 9.51. The number of aromatic hydroxyl groups is 1. The van der Waals surface area contributed by atoms with Crippen molar-refractivity contribution in [2.45, 2.75) is 58.3 Å². The first-order valence-electron chi connectivity index (χ1n) is 18.5. The Bertz CT molecular complexity index is 2350. The van der Waals surface area contributed by atoms with E-state index in [4.69, 9.17) is 26.5 Å². The van der Waals surface area contributed by atoms with E-state index in [0.717, 1.165) is 26.1 Å². The van der Waals surface area contributed by atoms with Crippen molar-refractivity contribution in [3.05, 3.63) is 70.3 Å². The fourth-order valence-electron chi connectivity index (χ4n) is 9.70. The summed E-state index contributed by atoms with van der Waals surface area (Å²) >= 11 is 7.86. The van der Waals surface area contributed by atoms with Crippen LogP contribution in [0.25, 0.3) is 20.7 Å². The number of aliphatic carboxylic acids is 1. The van der Waals surface area contributed by atoms with Crippen molar-refractivity contribution in [2.24, 2.45) is 36.1 Å². The number of unbranched alkanes of at least 4 members (excludes halogenated alkanes) is 2. The third-order valence-electron chi connectivity index (χ3n) is 12.4. The van der Waals surface area contributed by atoms with Crippen LogP contribution in [0.4, 0.5) is 5.82 Å². The average molecular weight is 785 g/mol. The number of ether oxygens (including phenoxy) is 1. The molecule has 4 aliphatic rings. The molecule has 2 aliphatic heterocycles. The van der Waals surface area contributed by atoms with E-state index in [0.29, 0.717) is 47.1 Å². The summed E-state index contributed by atoms with van der Waals surface area (Å²) in [5.74, 6) is -5.26. The van der Waals surface area contributed by atoms with Gasteiger partial charge in [0.1, 0.15) is 23.0 Å². The highest BCUT2D eigenvalue weighted by Crippen LogP contribution is 2.64. The number of hydrogen-bond acceptors (Lipinski definition) is 9. The number of methoxy groups -OCH3 is 1. The first-order chi connectivity index (χ1) is 26.3. The lowest BCUT2D eigenvalue weighted by Crippen LogP contribution is -2.49. The van der Waals surface area contributed by atoms with E-state index in [9.17, 15) is 24.3 Å². The predicted molar refractivity (Wildman–Crippen MR) is 206 cm³/mol. The van der Waals surface area contributed by atoms with Crippen LogP contribution >= 0.6 is 22.9 Å². The van der Waals surface area contributed by atoms with Gasteiger partial charge < -0.3 is 14.9 Å². The number of carboxylic acid groups (broad SMARTS) is 1. The van der Waals surface area contributed by atoms with Gasteiger partial charge in [-0.25, -0.2) is 4.90 Å². The lowest BCUT2D eigenvalue weighted by molar-refractivity contribution is -0.141. The number of imide groups is 2. The molecule has 3 fully saturated rings. The third-order valence-corrected chi connectivity index (χ3v) is 13.9. The molecule has 2 saturated heterocycles. The maximum Gasteiger partial charge on any atom is 0.303 e. The molecule has 0 radical (unpaired) electrons. The fraction of sp³-hybridized carbons (Fsp3) is 0.415. The van der Waals surface area contributed by atoms with Gasteiger partial charge in [0.2, 0.25) is 23.6 Å². The number of fused-ring (bicyclic) bond motifs is 5. The SMILES string of the molecule is COc1ccc([C@H]2C3=CC[C@@H]4C(=O)N(CCCCCC(=O)O)C(=O)[C@@H]4[C@@H]3C[C@H]3C(=O)N(c4cc(-c5sc6ccc(Cl)cc6c5C)nn4C)C(=O)[C@@]23C)c(O)c1. The quantitative estimate of drug-likeness (QED) is 0.0996. The van der Waals surface area contributed by atoms with E-state index in [1.807, 2.05) is 31.2 Å². The van der Waals surface area contributed by atoms with Gasteiger partial charge >= 0.3 is 5.97 Å². The molecule has 14 heteroatoms. The number of aryl methyl sites for hydroxylation is 2. The molecule has 1 saturated carbocycles. The second kappa shape index (κ2) is 13.6. The van der Waals surface area contributed by atoms with Gasteiger partial charge in [-0.05, 0) is 80.7 Å². The summed E-state index contributed by atoms with van der Waals surface area (Å²) in [6.07, 6.45) is 3.91. The summed E-state index contributed by atoms with van der Waals surface area (Å²) in [5, 5.41) is 26.9. The Morgan fingerprint density at radius 2 is 1.82 bits per heavy atom. The van der Waals surface area contributed by atoms with Gasteiger partial charge in [0.15, 0.2) is 0 Å². The number of phenols is 1. The highest BCUT2D eigenvalue weighted by atomic mass is 35.5. The van der Waals surface area contributed by atoms with Crippen LogP contribution in [0.3, 0.4) is 0 Å². The number of benzene rings is 2. The lowest BCUT2D eigenvalue weighted by Gasteiger charge is -2.49. The molecule has 2 aliphatic carbocycles. The van der Waals surface area contributed by atoms with Crippen LogP contribution in [0.5, 0.6) is 11.5 Å². The molecular weight excluding hydrogens is 744 g/mol. The topological polar surface area (TPSA) is 159 Å². The second-order valence-electron chi connectivity index (χ2n) is 15.3. The first-order valence-corrected chi connectivity index (χ1v) is 19.7. The van der Waals surface area contributed by atoms with Crippen LogP contribution in [0.1, 0.15) is 62.5 Å². The summed E-state index contributed by atoms with van der Waals surface area (Å²) < 4.78 is 7.94. The number of anilines is 1. The summed E-state index contributed by atoms with van der Waals surface area (Å²) in [6.45, 7) is 3.96. The average Bonchev–Trinajstić information content (AvgIpc) is 3.82. The minimum absolute atomic E-state index is 0.0200. The van der Waals surface area contributed by atoms with E-state index < -0.39 is 52.8 Å². The van der Waals surface area contributed by atoms with Crippen LogP contribution < -0.4 is 9.64 Å². The first kappa shape index (κ1) is 36.9. The molecule has 2 aromatic carbocycles. The second-order valence-corrected chi connectivity index (χ2v) is 16.8. The van der Waals surface area contributed by atoms with E-state index in [1.165, 1.54) is 23.0 Å². The number of likely N-dealkylation sites (tertiary alicyclic amines) is 1. The molecule has 0 bridgehead atoms. The minimum atomic E-state index is -1.36. The number of thiophene rings is 1. The number of aromatic nitrogens is 2. The molecule has 2 N–H and O–H groups in total. The Balaban J connectivity index is 1.18. The summed E-state index contributed by atoms with van der Waals surface area (Å²) in [4.78, 5) is 72.3. The predicted octanol–water partition coefficient (Wildman–Crippen LogP) is 6.85. The van der Waals surface area contributed by atoms with Gasteiger partial charge in [-0.3, -0.25) is 33.6 Å². The Labute approximate surface area is 326 Å². The molecule has 6 atom stereocenters. The number of nitrogens with zero attached hydrogens (tertiary/aromatic N) is 4. The van der Waals surface area contributed by atoms with Gasteiger partial charge in [-0.15, -0.1) is 11.3 Å². The largest absolute Gasteiger partial charge is 0.508 e. The molecule has 2 aromatic heterocycles. The minimum Gasteiger partial charge on any atom is -0.508 e. The number of phenolic OH excluding ortho intramolecular Hbond substituents is 1. The molecule has 8 rings (SSSR count). The maximum atomic E-state index is 15.1. The molecule has 0 spiro atoms. The van der Waals surface area contributed by atoms with Gasteiger partial charge in [0.05, 0.1) is 35.2 Å². The number of rotatable bonds is 10. The zero-order valence-corrected chi connectivity index (χ0v) is 32.4. The highest BCUT2D eigenvalue weighted by molar-refractivity contribution is 7.22. The summed E-state index contributed by atoms with van der Waals surface area (Å²) in [7, 11) is 3.18. The molecule has 12 nitrogen and oxygen atoms in total. The van der Waals surface area contributed by atoms with Crippen LogP contribution in [-0.2, 0) is 31.0 Å². The van der Waals surface area contributed by atoms with Crippen molar-refractivity contribution < 1.29 is 38.9 Å². The van der Waals surface area contributed by atoms with Gasteiger partial charge in [0, 0.05) is 53.3 Å². The van der Waals surface area contributed by atoms with Crippen molar-refractivity contribution in [2.75, 3.05) is 18.6 Å². The number of hydrogen-bond donors (Lipinski definition) is 2. The van der Waals surface area contributed by atoms with Crippen LogP contribution in [-0.4, -0.2) is 68.1 Å². The number of carbonyl (C=O) groups excluding carboxylic acids is 4. The molecule has 286 valence electrons. The van der Waals surface area contributed by atoms with E-state index in [1.54, 1.807) is 48.2 Å². The normalized spacial score (nSPS) is 26.1. The van der Waals surface area contributed by atoms with Crippen molar-refractivity contribution in [3.8, 4) is 22.1 Å². The molecule has 4 aromatic rings. The number of halogens is 1. The number of carboxylic acids is 1. The Kier molecular flexibility index (Phi) is 9.15.